The Kier molecular flexibility index (Phi) is 4.65. The van der Waals surface area contributed by atoms with Crippen molar-refractivity contribution in [3.63, 3.8) is 0 Å². The summed E-state index contributed by atoms with van der Waals surface area (Å²) in [5.41, 5.74) is 2.36. The minimum atomic E-state index is -0.463. The molecule has 0 aliphatic rings. The number of amides is 1. The van der Waals surface area contributed by atoms with Crippen LogP contribution in [0.25, 0.3) is 16.8 Å². The van der Waals surface area contributed by atoms with Crippen LogP contribution >= 0.6 is 0 Å². The van der Waals surface area contributed by atoms with Gasteiger partial charge in [0.25, 0.3) is 11.3 Å². The minimum absolute atomic E-state index is 0.215. The molecule has 1 N–H and O–H groups in total. The Morgan fingerprint density at radius 3 is 2.67 bits per heavy atom. The second kappa shape index (κ2) is 7.17. The zero-order valence-electron chi connectivity index (χ0n) is 17.0. The molecule has 0 bridgehead atoms. The fraction of sp³-hybridized carbons (Fsp3) is 0.316. The van der Waals surface area contributed by atoms with Gasteiger partial charge in [-0.1, -0.05) is 0 Å². The third kappa shape index (κ3) is 3.13. The van der Waals surface area contributed by atoms with Crippen molar-refractivity contribution >= 4 is 28.4 Å². The van der Waals surface area contributed by atoms with Crippen LogP contribution < -0.4 is 16.6 Å². The van der Waals surface area contributed by atoms with E-state index < -0.39 is 11.2 Å². The van der Waals surface area contributed by atoms with Crippen molar-refractivity contribution in [1.82, 2.24) is 33.7 Å². The van der Waals surface area contributed by atoms with Crippen LogP contribution in [0.5, 0.6) is 0 Å². The van der Waals surface area contributed by atoms with E-state index in [0.717, 1.165) is 21.5 Å². The number of rotatable bonds is 4. The van der Waals surface area contributed by atoms with E-state index in [4.69, 9.17) is 0 Å². The molecular weight excluding hydrogens is 388 g/mol. The van der Waals surface area contributed by atoms with Crippen molar-refractivity contribution in [2.45, 2.75) is 26.7 Å². The lowest BCUT2D eigenvalue weighted by atomic mass is 10.1. The maximum atomic E-state index is 12.5. The molecule has 0 radical (unpaired) electrons. The molecule has 0 saturated heterocycles. The lowest BCUT2D eigenvalue weighted by molar-refractivity contribution is -0.116. The number of fused-ring (bicyclic) bond motifs is 2. The van der Waals surface area contributed by atoms with Crippen molar-refractivity contribution in [3.8, 4) is 0 Å². The van der Waals surface area contributed by atoms with Gasteiger partial charge in [0.1, 0.15) is 12.0 Å². The second-order valence-electron chi connectivity index (χ2n) is 7.08. The molecule has 30 heavy (non-hydrogen) atoms. The molecule has 11 nitrogen and oxygen atoms in total. The smallest absolute Gasteiger partial charge is 0.325 e. The molecule has 0 spiro atoms. The van der Waals surface area contributed by atoms with Gasteiger partial charge in [0.15, 0.2) is 0 Å². The van der Waals surface area contributed by atoms with Crippen molar-refractivity contribution in [3.05, 3.63) is 56.4 Å². The molecule has 0 aliphatic carbocycles. The monoisotopic (exact) mass is 408 g/mol. The lowest BCUT2D eigenvalue weighted by Gasteiger charge is -2.11. The number of anilines is 1. The number of carbonyl (C=O) groups is 1. The normalized spacial score (nSPS) is 11.3. The van der Waals surface area contributed by atoms with E-state index in [-0.39, 0.29) is 23.4 Å². The molecule has 4 aromatic rings. The first kappa shape index (κ1) is 19.4. The molecule has 0 fully saturated rings. The molecule has 0 aromatic carbocycles. The molecule has 4 rings (SSSR count). The standard InChI is InChI=1S/C19H20N8O3/c1-10-13(11(2)27-18(23-10)21-9-22-27)5-6-15(28)24-12-7-14-16(20-8-12)25(3)19(30)26(4)17(14)29/h7-9H,5-6H2,1-4H3,(H,24,28). The predicted molar refractivity (Wildman–Crippen MR) is 109 cm³/mol. The summed E-state index contributed by atoms with van der Waals surface area (Å²) in [5, 5.41) is 7.17. The summed E-state index contributed by atoms with van der Waals surface area (Å²) < 4.78 is 3.95. The van der Waals surface area contributed by atoms with Gasteiger partial charge in [-0.25, -0.2) is 19.3 Å². The average molecular weight is 408 g/mol. The van der Waals surface area contributed by atoms with Gasteiger partial charge in [-0.2, -0.15) is 10.1 Å². The second-order valence-corrected chi connectivity index (χ2v) is 7.08. The Morgan fingerprint density at radius 2 is 1.90 bits per heavy atom. The van der Waals surface area contributed by atoms with Gasteiger partial charge in [-0.15, -0.1) is 0 Å². The van der Waals surface area contributed by atoms with E-state index in [1.807, 2.05) is 13.8 Å². The van der Waals surface area contributed by atoms with E-state index in [1.54, 1.807) is 11.6 Å². The fourth-order valence-electron chi connectivity index (χ4n) is 3.51. The van der Waals surface area contributed by atoms with Gasteiger partial charge in [0.05, 0.1) is 17.3 Å². The van der Waals surface area contributed by atoms with Crippen molar-refractivity contribution in [2.75, 3.05) is 5.32 Å². The van der Waals surface area contributed by atoms with Crippen LogP contribution in [-0.4, -0.2) is 39.6 Å². The van der Waals surface area contributed by atoms with E-state index >= 15 is 0 Å². The van der Waals surface area contributed by atoms with Gasteiger partial charge in [-0.05, 0) is 31.9 Å². The number of pyridine rings is 1. The van der Waals surface area contributed by atoms with Gasteiger partial charge >= 0.3 is 5.69 Å². The van der Waals surface area contributed by atoms with Gasteiger partial charge in [-0.3, -0.25) is 18.7 Å². The highest BCUT2D eigenvalue weighted by molar-refractivity contribution is 5.92. The van der Waals surface area contributed by atoms with Crippen LogP contribution in [0.1, 0.15) is 23.4 Å². The summed E-state index contributed by atoms with van der Waals surface area (Å²) in [5.74, 6) is 0.298. The molecule has 11 heteroatoms. The maximum absolute atomic E-state index is 12.5. The van der Waals surface area contributed by atoms with Crippen LogP contribution in [0, 0.1) is 13.8 Å². The summed E-state index contributed by atoms with van der Waals surface area (Å²) in [7, 11) is 2.94. The first-order valence-corrected chi connectivity index (χ1v) is 9.29. The number of hydrogen-bond donors (Lipinski definition) is 1. The molecule has 4 heterocycles. The number of nitrogens with zero attached hydrogens (tertiary/aromatic N) is 7. The number of aryl methyl sites for hydroxylation is 3. The van der Waals surface area contributed by atoms with Gasteiger partial charge < -0.3 is 5.32 Å². The third-order valence-corrected chi connectivity index (χ3v) is 5.17. The Labute approximate surface area is 170 Å². The van der Waals surface area contributed by atoms with Crippen LogP contribution in [0.15, 0.2) is 28.2 Å². The highest BCUT2D eigenvalue weighted by Crippen LogP contribution is 2.16. The van der Waals surface area contributed by atoms with Crippen LogP contribution in [0.4, 0.5) is 5.69 Å². The highest BCUT2D eigenvalue weighted by Gasteiger charge is 2.14. The zero-order valence-corrected chi connectivity index (χ0v) is 17.0. The maximum Gasteiger partial charge on any atom is 0.332 e. The molecule has 0 atom stereocenters. The van der Waals surface area contributed by atoms with Crippen molar-refractivity contribution < 1.29 is 4.79 Å². The van der Waals surface area contributed by atoms with Crippen molar-refractivity contribution in [1.29, 1.82) is 0 Å². The highest BCUT2D eigenvalue weighted by atomic mass is 16.2. The van der Waals surface area contributed by atoms with E-state index in [0.29, 0.717) is 17.9 Å². The van der Waals surface area contributed by atoms with Crippen LogP contribution in [0.2, 0.25) is 0 Å². The van der Waals surface area contributed by atoms with Crippen LogP contribution in [-0.2, 0) is 25.3 Å². The lowest BCUT2D eigenvalue weighted by Crippen LogP contribution is -2.37. The summed E-state index contributed by atoms with van der Waals surface area (Å²) in [6.45, 7) is 3.79. The Hall–Kier alpha value is -3.89. The molecule has 1 amide bonds. The first-order chi connectivity index (χ1) is 14.3. The predicted octanol–water partition coefficient (Wildman–Crippen LogP) is 0.258. The van der Waals surface area contributed by atoms with Crippen molar-refractivity contribution in [2.24, 2.45) is 14.1 Å². The topological polar surface area (TPSA) is 129 Å². The Bertz CT molecular complexity index is 1430. The fourth-order valence-corrected chi connectivity index (χ4v) is 3.51. The third-order valence-electron chi connectivity index (χ3n) is 5.17. The quantitative estimate of drug-likeness (QED) is 0.513. The van der Waals surface area contributed by atoms with Gasteiger partial charge in [0.2, 0.25) is 5.91 Å². The Morgan fingerprint density at radius 1 is 1.13 bits per heavy atom. The number of aromatic nitrogens is 7. The zero-order chi connectivity index (χ0) is 21.6. The Balaban J connectivity index is 1.56. The largest absolute Gasteiger partial charge is 0.332 e. The van der Waals surface area contributed by atoms with E-state index in [9.17, 15) is 14.4 Å². The first-order valence-electron chi connectivity index (χ1n) is 9.29. The minimum Gasteiger partial charge on any atom is -0.325 e. The van der Waals surface area contributed by atoms with Gasteiger partial charge in [0, 0.05) is 31.9 Å². The van der Waals surface area contributed by atoms with E-state index in [1.165, 1.54) is 30.2 Å². The molecule has 154 valence electrons. The molecule has 0 aliphatic heterocycles. The molecular formula is C19H20N8O3. The average Bonchev–Trinajstić information content (AvgIpc) is 3.19. The van der Waals surface area contributed by atoms with E-state index in [2.05, 4.69) is 25.4 Å². The van der Waals surface area contributed by atoms with Crippen LogP contribution in [0.3, 0.4) is 0 Å². The number of nitrogens with one attached hydrogen (secondary N) is 1. The summed E-state index contributed by atoms with van der Waals surface area (Å²) in [6, 6.07) is 1.53. The SMILES string of the molecule is Cc1nc2ncnn2c(C)c1CCC(=O)Nc1cnc2c(c1)c(=O)n(C)c(=O)n2C. The molecule has 4 aromatic heterocycles. The number of carbonyl (C=O) groups excluding carboxylic acids is 1. The molecule has 0 unspecified atom stereocenters. The number of hydrogen-bond acceptors (Lipinski definition) is 7. The molecule has 0 saturated carbocycles. The summed E-state index contributed by atoms with van der Waals surface area (Å²) in [4.78, 5) is 49.6. The summed E-state index contributed by atoms with van der Waals surface area (Å²) >= 11 is 0. The summed E-state index contributed by atoms with van der Waals surface area (Å²) in [6.07, 6.45) is 3.56.